The molecule has 0 amide bonds. The van der Waals surface area contributed by atoms with E-state index in [9.17, 15) is 9.90 Å². The lowest BCUT2D eigenvalue weighted by Crippen LogP contribution is -2.56. The zero-order valence-electron chi connectivity index (χ0n) is 10.8. The molecular weight excluding hydrogens is 204 g/mol. The molecule has 4 heteroatoms. The van der Waals surface area contributed by atoms with Crippen LogP contribution in [0.5, 0.6) is 0 Å². The van der Waals surface area contributed by atoms with Gasteiger partial charge in [-0.05, 0) is 31.8 Å². The van der Waals surface area contributed by atoms with Gasteiger partial charge in [0.05, 0.1) is 0 Å². The van der Waals surface area contributed by atoms with Crippen molar-refractivity contribution >= 4 is 5.97 Å². The fourth-order valence-corrected chi connectivity index (χ4v) is 2.40. The van der Waals surface area contributed by atoms with Gasteiger partial charge in [0, 0.05) is 13.1 Å². The molecule has 0 aliphatic carbocycles. The van der Waals surface area contributed by atoms with Crippen LogP contribution < -0.4 is 5.32 Å². The van der Waals surface area contributed by atoms with Crippen LogP contribution in [0.2, 0.25) is 0 Å². The fourth-order valence-electron chi connectivity index (χ4n) is 2.40. The number of nitrogens with zero attached hydrogens (tertiary/aromatic N) is 1. The van der Waals surface area contributed by atoms with Crippen LogP contribution in [-0.2, 0) is 4.79 Å². The molecule has 0 saturated carbocycles. The Balaban J connectivity index is 2.60. The Morgan fingerprint density at radius 3 is 2.56 bits per heavy atom. The molecule has 1 aliphatic heterocycles. The largest absolute Gasteiger partial charge is 0.480 e. The van der Waals surface area contributed by atoms with Crippen LogP contribution in [-0.4, -0.2) is 47.7 Å². The third kappa shape index (κ3) is 3.19. The number of aliphatic carboxylic acids is 1. The second kappa shape index (κ2) is 4.72. The Kier molecular flexibility index (Phi) is 3.97. The summed E-state index contributed by atoms with van der Waals surface area (Å²) in [4.78, 5) is 13.5. The SMILES string of the molecule is CCNC(C)(CN1CCC(C)(C)C1)C(=O)O. The maximum absolute atomic E-state index is 11.3. The molecule has 0 aromatic heterocycles. The van der Waals surface area contributed by atoms with Gasteiger partial charge < -0.3 is 15.3 Å². The van der Waals surface area contributed by atoms with Gasteiger partial charge in [0.1, 0.15) is 5.54 Å². The number of likely N-dealkylation sites (N-methyl/N-ethyl adjacent to an activating group) is 1. The minimum Gasteiger partial charge on any atom is -0.480 e. The van der Waals surface area contributed by atoms with Crippen molar-refractivity contribution in [2.45, 2.75) is 39.7 Å². The average Bonchev–Trinajstić information content (AvgIpc) is 2.45. The first-order valence-electron chi connectivity index (χ1n) is 6.00. The smallest absolute Gasteiger partial charge is 0.324 e. The van der Waals surface area contributed by atoms with Crippen molar-refractivity contribution in [3.8, 4) is 0 Å². The van der Waals surface area contributed by atoms with Crippen LogP contribution in [0.4, 0.5) is 0 Å². The van der Waals surface area contributed by atoms with Gasteiger partial charge in [-0.3, -0.25) is 4.79 Å². The van der Waals surface area contributed by atoms with Crippen LogP contribution in [0, 0.1) is 5.41 Å². The lowest BCUT2D eigenvalue weighted by Gasteiger charge is -2.31. The van der Waals surface area contributed by atoms with Crippen molar-refractivity contribution in [2.75, 3.05) is 26.2 Å². The molecule has 0 spiro atoms. The number of nitrogens with one attached hydrogen (secondary N) is 1. The fraction of sp³-hybridized carbons (Fsp3) is 0.917. The molecule has 1 saturated heterocycles. The predicted octanol–water partition coefficient (Wildman–Crippen LogP) is 1.17. The number of hydrogen-bond donors (Lipinski definition) is 2. The van der Waals surface area contributed by atoms with E-state index < -0.39 is 11.5 Å². The van der Waals surface area contributed by atoms with E-state index in [0.29, 0.717) is 18.5 Å². The number of hydrogen-bond acceptors (Lipinski definition) is 3. The highest BCUT2D eigenvalue weighted by molar-refractivity contribution is 5.78. The normalized spacial score (nSPS) is 24.2. The Hall–Kier alpha value is -0.610. The number of likely N-dealkylation sites (tertiary alicyclic amines) is 1. The van der Waals surface area contributed by atoms with Crippen molar-refractivity contribution in [3.63, 3.8) is 0 Å². The summed E-state index contributed by atoms with van der Waals surface area (Å²) >= 11 is 0. The van der Waals surface area contributed by atoms with Gasteiger partial charge >= 0.3 is 5.97 Å². The molecule has 1 aliphatic rings. The first-order valence-corrected chi connectivity index (χ1v) is 6.00. The molecule has 1 unspecified atom stereocenters. The van der Waals surface area contributed by atoms with Crippen LogP contribution in [0.15, 0.2) is 0 Å². The highest BCUT2D eigenvalue weighted by Gasteiger charge is 2.38. The standard InChI is InChI=1S/C12H24N2O2/c1-5-13-12(4,10(15)16)9-14-7-6-11(2,3)8-14/h13H,5-9H2,1-4H3,(H,15,16). The van der Waals surface area contributed by atoms with Crippen molar-refractivity contribution in [2.24, 2.45) is 5.41 Å². The minimum atomic E-state index is -0.824. The van der Waals surface area contributed by atoms with Gasteiger partial charge in [-0.1, -0.05) is 20.8 Å². The van der Waals surface area contributed by atoms with Gasteiger partial charge in [0.25, 0.3) is 0 Å². The van der Waals surface area contributed by atoms with Crippen LogP contribution in [0.1, 0.15) is 34.1 Å². The molecule has 1 fully saturated rings. The number of carboxylic acids is 1. The van der Waals surface area contributed by atoms with E-state index in [2.05, 4.69) is 24.1 Å². The highest BCUT2D eigenvalue weighted by Crippen LogP contribution is 2.29. The summed E-state index contributed by atoms with van der Waals surface area (Å²) in [6, 6.07) is 0. The summed E-state index contributed by atoms with van der Waals surface area (Å²) < 4.78 is 0. The van der Waals surface area contributed by atoms with E-state index in [1.165, 1.54) is 0 Å². The quantitative estimate of drug-likeness (QED) is 0.741. The predicted molar refractivity (Wildman–Crippen MR) is 64.6 cm³/mol. The first-order chi connectivity index (χ1) is 7.29. The van der Waals surface area contributed by atoms with E-state index in [0.717, 1.165) is 19.5 Å². The lowest BCUT2D eigenvalue weighted by molar-refractivity contribution is -0.144. The van der Waals surface area contributed by atoms with Crippen molar-refractivity contribution < 1.29 is 9.90 Å². The Labute approximate surface area is 98.0 Å². The maximum atomic E-state index is 11.3. The molecule has 0 aromatic rings. The van der Waals surface area contributed by atoms with Gasteiger partial charge in [-0.2, -0.15) is 0 Å². The Morgan fingerprint density at radius 1 is 1.56 bits per heavy atom. The van der Waals surface area contributed by atoms with Gasteiger partial charge in [0.15, 0.2) is 0 Å². The van der Waals surface area contributed by atoms with Crippen LogP contribution in [0.3, 0.4) is 0 Å². The van der Waals surface area contributed by atoms with E-state index in [1.54, 1.807) is 6.92 Å². The van der Waals surface area contributed by atoms with Gasteiger partial charge in [0.2, 0.25) is 0 Å². The van der Waals surface area contributed by atoms with Gasteiger partial charge in [-0.15, -0.1) is 0 Å². The molecule has 16 heavy (non-hydrogen) atoms. The highest BCUT2D eigenvalue weighted by atomic mass is 16.4. The molecule has 4 nitrogen and oxygen atoms in total. The van der Waals surface area contributed by atoms with Crippen LogP contribution in [0.25, 0.3) is 0 Å². The van der Waals surface area contributed by atoms with Crippen molar-refractivity contribution in [3.05, 3.63) is 0 Å². The van der Waals surface area contributed by atoms with Gasteiger partial charge in [-0.25, -0.2) is 0 Å². The zero-order valence-corrected chi connectivity index (χ0v) is 10.8. The second-order valence-electron chi connectivity index (χ2n) is 5.79. The summed E-state index contributed by atoms with van der Waals surface area (Å²) in [7, 11) is 0. The lowest BCUT2D eigenvalue weighted by atomic mass is 9.93. The van der Waals surface area contributed by atoms with Crippen molar-refractivity contribution in [1.29, 1.82) is 0 Å². The molecule has 0 bridgehead atoms. The molecule has 0 radical (unpaired) electrons. The van der Waals surface area contributed by atoms with E-state index in [1.807, 2.05) is 6.92 Å². The third-order valence-corrected chi connectivity index (χ3v) is 3.34. The summed E-state index contributed by atoms with van der Waals surface area (Å²) in [5, 5.41) is 12.3. The van der Waals surface area contributed by atoms with E-state index >= 15 is 0 Å². The summed E-state index contributed by atoms with van der Waals surface area (Å²) in [5.74, 6) is -0.765. The van der Waals surface area contributed by atoms with E-state index in [4.69, 9.17) is 0 Å². The first kappa shape index (κ1) is 13.5. The minimum absolute atomic E-state index is 0.325. The molecule has 1 atom stereocenters. The Bertz CT molecular complexity index is 266. The molecule has 2 N–H and O–H groups in total. The van der Waals surface area contributed by atoms with E-state index in [-0.39, 0.29) is 0 Å². The molecule has 1 heterocycles. The molecule has 1 rings (SSSR count). The summed E-state index contributed by atoms with van der Waals surface area (Å²) in [6.07, 6.45) is 1.15. The topological polar surface area (TPSA) is 52.6 Å². The average molecular weight is 228 g/mol. The number of carboxylic acid groups (broad SMARTS) is 1. The maximum Gasteiger partial charge on any atom is 0.324 e. The summed E-state index contributed by atoms with van der Waals surface area (Å²) in [5.41, 5.74) is -0.499. The summed E-state index contributed by atoms with van der Waals surface area (Å²) in [6.45, 7) is 11.4. The molecule has 94 valence electrons. The third-order valence-electron chi connectivity index (χ3n) is 3.34. The number of rotatable bonds is 5. The van der Waals surface area contributed by atoms with Crippen LogP contribution >= 0.6 is 0 Å². The number of carbonyl (C=O) groups is 1. The molecular formula is C12H24N2O2. The zero-order chi connectivity index (χ0) is 12.4. The Morgan fingerprint density at radius 2 is 2.19 bits per heavy atom. The monoisotopic (exact) mass is 228 g/mol. The van der Waals surface area contributed by atoms with Crippen molar-refractivity contribution in [1.82, 2.24) is 10.2 Å². The second-order valence-corrected chi connectivity index (χ2v) is 5.79. The molecule has 0 aromatic carbocycles.